The van der Waals surface area contributed by atoms with Crippen LogP contribution in [0.5, 0.6) is 0 Å². The Labute approximate surface area is 112 Å². The van der Waals surface area contributed by atoms with E-state index in [4.69, 9.17) is 16.3 Å². The summed E-state index contributed by atoms with van der Waals surface area (Å²) in [5, 5.41) is 3.36. The van der Waals surface area contributed by atoms with E-state index in [1.165, 1.54) is 6.20 Å². The van der Waals surface area contributed by atoms with Crippen LogP contribution >= 0.6 is 11.6 Å². The van der Waals surface area contributed by atoms with Gasteiger partial charge in [0.05, 0.1) is 10.6 Å². The summed E-state index contributed by atoms with van der Waals surface area (Å²) in [6.45, 7) is 4.33. The van der Waals surface area contributed by atoms with Gasteiger partial charge >= 0.3 is 0 Å². The molecule has 0 saturated carbocycles. The molecular weight excluding hydrogens is 252 g/mol. The molecule has 0 bridgehead atoms. The molecule has 18 heavy (non-hydrogen) atoms. The number of carbonyl (C=O) groups is 1. The van der Waals surface area contributed by atoms with Crippen LogP contribution in [0.3, 0.4) is 0 Å². The first-order chi connectivity index (χ1) is 8.61. The Morgan fingerprint density at radius 3 is 2.94 bits per heavy atom. The van der Waals surface area contributed by atoms with Crippen LogP contribution in [-0.4, -0.2) is 30.6 Å². The molecule has 1 aromatic heterocycles. The normalized spacial score (nSPS) is 18.3. The fourth-order valence-corrected chi connectivity index (χ4v) is 2.17. The van der Waals surface area contributed by atoms with E-state index >= 15 is 0 Å². The molecule has 0 aromatic carbocycles. The van der Waals surface area contributed by atoms with Crippen molar-refractivity contribution in [1.29, 1.82) is 0 Å². The number of aromatic nitrogens is 1. The van der Waals surface area contributed by atoms with Gasteiger partial charge in [0.15, 0.2) is 0 Å². The van der Waals surface area contributed by atoms with Gasteiger partial charge in [0, 0.05) is 32.2 Å². The van der Waals surface area contributed by atoms with E-state index < -0.39 is 0 Å². The number of carbonyl (C=O) groups excluding carboxylic acids is 1. The third-order valence-corrected chi connectivity index (χ3v) is 3.72. The zero-order valence-corrected chi connectivity index (χ0v) is 11.2. The Hall–Kier alpha value is -1.13. The first kappa shape index (κ1) is 13.3. The van der Waals surface area contributed by atoms with E-state index in [9.17, 15) is 4.79 Å². The van der Waals surface area contributed by atoms with Gasteiger partial charge in [-0.25, -0.2) is 0 Å². The van der Waals surface area contributed by atoms with E-state index in [2.05, 4.69) is 17.2 Å². The Morgan fingerprint density at radius 1 is 1.56 bits per heavy atom. The average molecular weight is 269 g/mol. The lowest BCUT2D eigenvalue weighted by Crippen LogP contribution is -2.39. The van der Waals surface area contributed by atoms with Crippen molar-refractivity contribution in [2.24, 2.45) is 5.41 Å². The lowest BCUT2D eigenvalue weighted by atomic mass is 9.82. The van der Waals surface area contributed by atoms with E-state index in [1.807, 2.05) is 0 Å². The lowest BCUT2D eigenvalue weighted by Gasteiger charge is -2.33. The second-order valence-electron chi connectivity index (χ2n) is 4.96. The predicted octanol–water partition coefficient (Wildman–Crippen LogP) is 2.28. The summed E-state index contributed by atoms with van der Waals surface area (Å²) in [4.78, 5) is 15.9. The highest BCUT2D eigenvalue weighted by molar-refractivity contribution is 6.33. The molecule has 1 aliphatic heterocycles. The topological polar surface area (TPSA) is 51.2 Å². The molecule has 1 saturated heterocycles. The van der Waals surface area contributed by atoms with Gasteiger partial charge in [-0.2, -0.15) is 0 Å². The van der Waals surface area contributed by atoms with Gasteiger partial charge in [0.2, 0.25) is 0 Å². The van der Waals surface area contributed by atoms with E-state index in [0.717, 1.165) is 26.1 Å². The van der Waals surface area contributed by atoms with E-state index in [-0.39, 0.29) is 11.3 Å². The number of hydrogen-bond donors (Lipinski definition) is 1. The summed E-state index contributed by atoms with van der Waals surface area (Å²) in [5.74, 6) is -0.166. The van der Waals surface area contributed by atoms with Crippen molar-refractivity contribution in [1.82, 2.24) is 10.3 Å². The minimum atomic E-state index is -0.166. The SMILES string of the molecule is CC1(CNC(=O)c2cnccc2Cl)CCOCC1. The molecule has 1 N–H and O–H groups in total. The largest absolute Gasteiger partial charge is 0.381 e. The van der Waals surface area contributed by atoms with Crippen molar-refractivity contribution >= 4 is 17.5 Å². The second-order valence-corrected chi connectivity index (χ2v) is 5.37. The van der Waals surface area contributed by atoms with Crippen molar-refractivity contribution in [3.8, 4) is 0 Å². The number of halogens is 1. The van der Waals surface area contributed by atoms with Gasteiger partial charge in [-0.3, -0.25) is 9.78 Å². The molecule has 5 heteroatoms. The highest BCUT2D eigenvalue weighted by atomic mass is 35.5. The fourth-order valence-electron chi connectivity index (χ4n) is 1.97. The monoisotopic (exact) mass is 268 g/mol. The van der Waals surface area contributed by atoms with Crippen molar-refractivity contribution in [3.05, 3.63) is 29.0 Å². The third-order valence-electron chi connectivity index (χ3n) is 3.39. The Balaban J connectivity index is 1.94. The van der Waals surface area contributed by atoms with Crippen molar-refractivity contribution in [2.75, 3.05) is 19.8 Å². The van der Waals surface area contributed by atoms with Gasteiger partial charge in [-0.15, -0.1) is 0 Å². The highest BCUT2D eigenvalue weighted by Crippen LogP contribution is 2.28. The van der Waals surface area contributed by atoms with Crippen LogP contribution in [0.4, 0.5) is 0 Å². The van der Waals surface area contributed by atoms with Crippen LogP contribution in [0.1, 0.15) is 30.1 Å². The maximum absolute atomic E-state index is 12.0. The number of rotatable bonds is 3. The molecule has 98 valence electrons. The second kappa shape index (κ2) is 5.67. The molecule has 0 unspecified atom stereocenters. The molecule has 1 aromatic rings. The molecule has 2 heterocycles. The summed E-state index contributed by atoms with van der Waals surface area (Å²) in [7, 11) is 0. The van der Waals surface area contributed by atoms with Crippen molar-refractivity contribution in [2.45, 2.75) is 19.8 Å². The van der Waals surface area contributed by atoms with Crippen LogP contribution < -0.4 is 5.32 Å². The number of hydrogen-bond acceptors (Lipinski definition) is 3. The number of nitrogens with one attached hydrogen (secondary N) is 1. The number of ether oxygens (including phenoxy) is 1. The molecule has 0 aliphatic carbocycles. The quantitative estimate of drug-likeness (QED) is 0.915. The van der Waals surface area contributed by atoms with E-state index in [0.29, 0.717) is 17.1 Å². The van der Waals surface area contributed by atoms with Gasteiger partial charge in [0.1, 0.15) is 0 Å². The first-order valence-electron chi connectivity index (χ1n) is 6.06. The Morgan fingerprint density at radius 2 is 2.28 bits per heavy atom. The van der Waals surface area contributed by atoms with Crippen LogP contribution in [0.15, 0.2) is 18.5 Å². The molecule has 4 nitrogen and oxygen atoms in total. The molecule has 0 radical (unpaired) electrons. The minimum Gasteiger partial charge on any atom is -0.381 e. The van der Waals surface area contributed by atoms with E-state index in [1.54, 1.807) is 12.3 Å². The maximum Gasteiger partial charge on any atom is 0.254 e. The smallest absolute Gasteiger partial charge is 0.254 e. The van der Waals surface area contributed by atoms with Gasteiger partial charge in [-0.05, 0) is 24.3 Å². The molecular formula is C13H17ClN2O2. The first-order valence-corrected chi connectivity index (χ1v) is 6.44. The number of pyridine rings is 1. The number of nitrogens with zero attached hydrogens (tertiary/aromatic N) is 1. The van der Waals surface area contributed by atoms with Crippen LogP contribution in [0, 0.1) is 5.41 Å². The Kier molecular flexibility index (Phi) is 4.19. The third kappa shape index (κ3) is 3.21. The lowest BCUT2D eigenvalue weighted by molar-refractivity contribution is 0.0238. The van der Waals surface area contributed by atoms with Crippen LogP contribution in [-0.2, 0) is 4.74 Å². The standard InChI is InChI=1S/C13H17ClN2O2/c1-13(3-6-18-7-4-13)9-16-12(17)10-8-15-5-2-11(10)14/h2,5,8H,3-4,6-7,9H2,1H3,(H,16,17). The average Bonchev–Trinajstić information content (AvgIpc) is 2.38. The van der Waals surface area contributed by atoms with Crippen LogP contribution in [0.25, 0.3) is 0 Å². The molecule has 1 aliphatic rings. The summed E-state index contributed by atoms with van der Waals surface area (Å²) in [6.07, 6.45) is 4.99. The van der Waals surface area contributed by atoms with Crippen molar-refractivity contribution in [3.63, 3.8) is 0 Å². The Bertz CT molecular complexity index is 431. The van der Waals surface area contributed by atoms with Gasteiger partial charge in [-0.1, -0.05) is 18.5 Å². The zero-order chi connectivity index (χ0) is 13.0. The molecule has 0 spiro atoms. The zero-order valence-electron chi connectivity index (χ0n) is 10.4. The highest BCUT2D eigenvalue weighted by Gasteiger charge is 2.28. The van der Waals surface area contributed by atoms with Gasteiger partial charge in [0.25, 0.3) is 5.91 Å². The summed E-state index contributed by atoms with van der Waals surface area (Å²) >= 11 is 5.95. The molecule has 2 rings (SSSR count). The van der Waals surface area contributed by atoms with Gasteiger partial charge < -0.3 is 10.1 Å². The summed E-state index contributed by atoms with van der Waals surface area (Å²) in [5.41, 5.74) is 0.539. The predicted molar refractivity (Wildman–Crippen MR) is 69.7 cm³/mol. The molecule has 0 atom stereocenters. The summed E-state index contributed by atoms with van der Waals surface area (Å²) in [6, 6.07) is 1.62. The molecule has 1 fully saturated rings. The minimum absolute atomic E-state index is 0.114. The van der Waals surface area contributed by atoms with Crippen LogP contribution in [0.2, 0.25) is 5.02 Å². The maximum atomic E-state index is 12.0. The molecule has 1 amide bonds. The fraction of sp³-hybridized carbons (Fsp3) is 0.538. The summed E-state index contributed by atoms with van der Waals surface area (Å²) < 4.78 is 5.33. The number of amides is 1. The van der Waals surface area contributed by atoms with Crippen molar-refractivity contribution < 1.29 is 9.53 Å².